The van der Waals surface area contributed by atoms with Gasteiger partial charge in [-0.2, -0.15) is 4.31 Å². The van der Waals surface area contributed by atoms with Gasteiger partial charge in [-0.1, -0.05) is 12.1 Å². The summed E-state index contributed by atoms with van der Waals surface area (Å²) < 4.78 is 37.8. The lowest BCUT2D eigenvalue weighted by molar-refractivity contribution is -0.383. The number of nitro groups is 1. The van der Waals surface area contributed by atoms with E-state index in [4.69, 9.17) is 9.47 Å². The summed E-state index contributed by atoms with van der Waals surface area (Å²) in [5.74, 6) is 0.203. The minimum Gasteiger partial charge on any atom is -0.495 e. The van der Waals surface area contributed by atoms with Crippen LogP contribution in [0.4, 0.5) is 17.1 Å². The highest BCUT2D eigenvalue weighted by atomic mass is 32.2. The minimum atomic E-state index is -3.79. The molecule has 1 fully saturated rings. The molecule has 0 spiro atoms. The quantitative estimate of drug-likeness (QED) is 0.592. The van der Waals surface area contributed by atoms with E-state index in [1.165, 1.54) is 29.6 Å². The first-order valence-corrected chi connectivity index (χ1v) is 9.64. The number of hydrogen-bond acceptors (Lipinski definition) is 7. The highest BCUT2D eigenvalue weighted by molar-refractivity contribution is 7.89. The van der Waals surface area contributed by atoms with E-state index in [2.05, 4.69) is 5.32 Å². The van der Waals surface area contributed by atoms with E-state index >= 15 is 0 Å². The molecule has 144 valence electrons. The van der Waals surface area contributed by atoms with Crippen molar-refractivity contribution >= 4 is 27.1 Å². The molecule has 0 atom stereocenters. The number of hydrogen-bond donors (Lipinski definition) is 1. The maximum absolute atomic E-state index is 13.0. The molecule has 0 bridgehead atoms. The fourth-order valence-electron chi connectivity index (χ4n) is 2.78. The van der Waals surface area contributed by atoms with Crippen LogP contribution in [0.25, 0.3) is 0 Å². The summed E-state index contributed by atoms with van der Waals surface area (Å²) in [4.78, 5) is 10.7. The van der Waals surface area contributed by atoms with Crippen LogP contribution in [0.5, 0.6) is 5.75 Å². The third-order valence-electron chi connectivity index (χ3n) is 4.13. The molecule has 1 heterocycles. The Labute approximate surface area is 156 Å². The third kappa shape index (κ3) is 4.02. The van der Waals surface area contributed by atoms with Crippen LogP contribution in [-0.2, 0) is 14.8 Å². The van der Waals surface area contributed by atoms with Crippen LogP contribution in [0.3, 0.4) is 0 Å². The van der Waals surface area contributed by atoms with Crippen molar-refractivity contribution in [3.05, 3.63) is 52.6 Å². The van der Waals surface area contributed by atoms with Crippen LogP contribution in [0.15, 0.2) is 47.4 Å². The first kappa shape index (κ1) is 19.1. The molecule has 2 aromatic rings. The predicted octanol–water partition coefficient (Wildman–Crippen LogP) is 2.37. The molecular formula is C17H19N3O6S. The van der Waals surface area contributed by atoms with Crippen molar-refractivity contribution < 1.29 is 22.8 Å². The number of nitrogens with one attached hydrogen (secondary N) is 1. The smallest absolute Gasteiger partial charge is 0.292 e. The number of anilines is 2. The average Bonchev–Trinajstić information content (AvgIpc) is 2.69. The fourth-order valence-corrected chi connectivity index (χ4v) is 4.37. The molecule has 3 rings (SSSR count). The SMILES string of the molecule is COc1ccc(Nc2ccccc2[N+](=O)[O-])cc1S(=O)(=O)N1CCOCC1. The maximum Gasteiger partial charge on any atom is 0.292 e. The normalized spacial score (nSPS) is 15.3. The van der Waals surface area contributed by atoms with Crippen LogP contribution in [0.2, 0.25) is 0 Å². The molecule has 0 unspecified atom stereocenters. The summed E-state index contributed by atoms with van der Waals surface area (Å²) in [5.41, 5.74) is 0.560. The summed E-state index contributed by atoms with van der Waals surface area (Å²) in [6.45, 7) is 1.17. The van der Waals surface area contributed by atoms with Crippen molar-refractivity contribution in [3.63, 3.8) is 0 Å². The highest BCUT2D eigenvalue weighted by Crippen LogP contribution is 2.33. The fraction of sp³-hybridized carbons (Fsp3) is 0.294. The van der Waals surface area contributed by atoms with Gasteiger partial charge >= 0.3 is 0 Å². The number of methoxy groups -OCH3 is 1. The first-order valence-electron chi connectivity index (χ1n) is 8.20. The standard InChI is InChI=1S/C17H19N3O6S/c1-25-16-7-6-13(18-14-4-2-3-5-15(14)20(21)22)12-17(16)27(23,24)19-8-10-26-11-9-19/h2-7,12,18H,8-11H2,1H3. The van der Waals surface area contributed by atoms with E-state index in [9.17, 15) is 18.5 Å². The van der Waals surface area contributed by atoms with Gasteiger partial charge in [-0.05, 0) is 24.3 Å². The third-order valence-corrected chi connectivity index (χ3v) is 6.05. The number of rotatable bonds is 6. The molecule has 2 aromatic carbocycles. The van der Waals surface area contributed by atoms with E-state index in [1.54, 1.807) is 24.3 Å². The number of nitro benzene ring substituents is 1. The van der Waals surface area contributed by atoms with Gasteiger partial charge in [0.1, 0.15) is 16.3 Å². The van der Waals surface area contributed by atoms with Gasteiger partial charge in [0, 0.05) is 24.8 Å². The number of benzene rings is 2. The molecule has 0 saturated carbocycles. The number of ether oxygens (including phenoxy) is 2. The maximum atomic E-state index is 13.0. The molecule has 0 aromatic heterocycles. The number of para-hydroxylation sites is 2. The van der Waals surface area contributed by atoms with Crippen molar-refractivity contribution in [3.8, 4) is 5.75 Å². The van der Waals surface area contributed by atoms with Crippen LogP contribution < -0.4 is 10.1 Å². The van der Waals surface area contributed by atoms with Crippen LogP contribution in [0.1, 0.15) is 0 Å². The monoisotopic (exact) mass is 393 g/mol. The Morgan fingerprint density at radius 2 is 1.89 bits per heavy atom. The van der Waals surface area contributed by atoms with Crippen molar-refractivity contribution in [2.45, 2.75) is 4.90 Å². The van der Waals surface area contributed by atoms with Crippen molar-refractivity contribution in [1.29, 1.82) is 0 Å². The first-order chi connectivity index (χ1) is 12.9. The van der Waals surface area contributed by atoms with Gasteiger partial charge in [-0.15, -0.1) is 0 Å². The van der Waals surface area contributed by atoms with Crippen molar-refractivity contribution in [1.82, 2.24) is 4.31 Å². The van der Waals surface area contributed by atoms with Crippen molar-refractivity contribution in [2.24, 2.45) is 0 Å². The molecule has 1 aliphatic rings. The van der Waals surface area contributed by atoms with Gasteiger partial charge in [-0.25, -0.2) is 8.42 Å². The van der Waals surface area contributed by atoms with Gasteiger partial charge in [0.2, 0.25) is 10.0 Å². The Bertz CT molecular complexity index is 941. The minimum absolute atomic E-state index is 0.00418. The van der Waals surface area contributed by atoms with Gasteiger partial charge in [0.05, 0.1) is 25.2 Å². The molecule has 0 amide bonds. The molecule has 1 N–H and O–H groups in total. The Kier molecular flexibility index (Phi) is 5.59. The van der Waals surface area contributed by atoms with Crippen LogP contribution in [0, 0.1) is 10.1 Å². The summed E-state index contributed by atoms with van der Waals surface area (Å²) >= 11 is 0. The number of nitrogens with zero attached hydrogens (tertiary/aromatic N) is 2. The van der Waals surface area contributed by atoms with Gasteiger partial charge in [0.25, 0.3) is 5.69 Å². The zero-order chi connectivity index (χ0) is 19.4. The second-order valence-electron chi connectivity index (χ2n) is 5.78. The van der Waals surface area contributed by atoms with E-state index in [1.807, 2.05) is 0 Å². The molecule has 1 saturated heterocycles. The van der Waals surface area contributed by atoms with E-state index in [-0.39, 0.29) is 35.1 Å². The summed E-state index contributed by atoms with van der Waals surface area (Å²) in [6, 6.07) is 10.7. The predicted molar refractivity (Wildman–Crippen MR) is 99.0 cm³/mol. The Morgan fingerprint density at radius 3 is 2.56 bits per heavy atom. The molecule has 9 nitrogen and oxygen atoms in total. The molecule has 0 aliphatic carbocycles. The van der Waals surface area contributed by atoms with Crippen molar-refractivity contribution in [2.75, 3.05) is 38.7 Å². The summed E-state index contributed by atoms with van der Waals surface area (Å²) in [5, 5.41) is 14.1. The Balaban J connectivity index is 1.98. The lowest BCUT2D eigenvalue weighted by atomic mass is 10.2. The van der Waals surface area contributed by atoms with Gasteiger partial charge in [0.15, 0.2) is 0 Å². The molecule has 10 heteroatoms. The topological polar surface area (TPSA) is 111 Å². The van der Waals surface area contributed by atoms with E-state index < -0.39 is 14.9 Å². The largest absolute Gasteiger partial charge is 0.495 e. The number of morpholine rings is 1. The van der Waals surface area contributed by atoms with E-state index in [0.717, 1.165) is 0 Å². The highest BCUT2D eigenvalue weighted by Gasteiger charge is 2.29. The second-order valence-corrected chi connectivity index (χ2v) is 7.69. The lowest BCUT2D eigenvalue weighted by Crippen LogP contribution is -2.40. The summed E-state index contributed by atoms with van der Waals surface area (Å²) in [6.07, 6.45) is 0. The molecule has 27 heavy (non-hydrogen) atoms. The van der Waals surface area contributed by atoms with E-state index in [0.29, 0.717) is 18.9 Å². The van der Waals surface area contributed by atoms with Crippen LogP contribution >= 0.6 is 0 Å². The van der Waals surface area contributed by atoms with Gasteiger partial charge < -0.3 is 14.8 Å². The second kappa shape index (κ2) is 7.91. The Morgan fingerprint density at radius 1 is 1.19 bits per heavy atom. The molecule has 0 radical (unpaired) electrons. The Hall–Kier alpha value is -2.69. The average molecular weight is 393 g/mol. The zero-order valence-electron chi connectivity index (χ0n) is 14.6. The van der Waals surface area contributed by atoms with Gasteiger partial charge in [-0.3, -0.25) is 10.1 Å². The number of sulfonamides is 1. The van der Waals surface area contributed by atoms with Crippen LogP contribution in [-0.4, -0.2) is 51.1 Å². The zero-order valence-corrected chi connectivity index (χ0v) is 15.4. The lowest BCUT2D eigenvalue weighted by Gasteiger charge is -2.26. The molecule has 1 aliphatic heterocycles. The molecular weight excluding hydrogens is 374 g/mol. The summed E-state index contributed by atoms with van der Waals surface area (Å²) in [7, 11) is -2.40.